The van der Waals surface area contributed by atoms with Crippen molar-refractivity contribution in [2.75, 3.05) is 24.2 Å². The number of carbonyl (C=O) groups excluding carboxylic acids is 1. The van der Waals surface area contributed by atoms with Gasteiger partial charge in [0.25, 0.3) is 5.91 Å². The molecule has 1 aromatic rings. The predicted octanol–water partition coefficient (Wildman–Crippen LogP) is 4.17. The fraction of sp³-hybridized carbons (Fsp3) is 0.667. The van der Waals surface area contributed by atoms with E-state index < -0.39 is 0 Å². The van der Waals surface area contributed by atoms with Gasteiger partial charge in [-0.05, 0) is 49.0 Å². The first-order valence-electron chi connectivity index (χ1n) is 7.32. The fourth-order valence-electron chi connectivity index (χ4n) is 3.05. The Hall–Kier alpha value is -0.000000000000000167. The zero-order valence-corrected chi connectivity index (χ0v) is 14.8. The molecule has 3 heterocycles. The molecule has 2 aliphatic heterocycles. The number of carbonyl (C=O) groups is 1. The van der Waals surface area contributed by atoms with Crippen LogP contribution in [0.1, 0.15) is 39.4 Å². The Bertz CT molecular complexity index is 463. The molecule has 1 aromatic heterocycles. The lowest BCUT2D eigenvalue weighted by molar-refractivity contribution is 0.0677. The van der Waals surface area contributed by atoms with Gasteiger partial charge >= 0.3 is 0 Å². The smallest absolute Gasteiger partial charge is 0.263 e. The van der Waals surface area contributed by atoms with Crippen molar-refractivity contribution >= 4 is 44.9 Å². The maximum atomic E-state index is 12.7. The van der Waals surface area contributed by atoms with Gasteiger partial charge in [0.1, 0.15) is 0 Å². The number of hydrogen-bond acceptors (Lipinski definition) is 3. The Morgan fingerprint density at radius 1 is 1.50 bits per heavy atom. The average Bonchev–Trinajstić information content (AvgIpc) is 2.91. The first-order valence-corrected chi connectivity index (χ1v) is 10.4. The number of thiophene rings is 1. The number of hydrogen-bond donors (Lipinski definition) is 0. The van der Waals surface area contributed by atoms with Crippen LogP contribution in [0.3, 0.4) is 0 Å². The van der Waals surface area contributed by atoms with Crippen molar-refractivity contribution in [3.8, 4) is 0 Å². The van der Waals surface area contributed by atoms with Crippen molar-refractivity contribution in [1.29, 1.82) is 0 Å². The van der Waals surface area contributed by atoms with Crippen LogP contribution in [-0.4, -0.2) is 35.0 Å². The normalized spacial score (nSPS) is 22.6. The maximum absolute atomic E-state index is 12.7. The van der Waals surface area contributed by atoms with Gasteiger partial charge < -0.3 is 4.90 Å². The van der Waals surface area contributed by atoms with Gasteiger partial charge in [-0.2, -0.15) is 11.8 Å². The standard InChI is InChI=1S/C15H20BrNOS2/c16-5-3-11-2-1-6-17(9-11)15(18)14-8-12-10-19-7-4-13(12)20-14/h8,11H,1-7,9-10H2. The number of amides is 1. The molecule has 0 saturated carbocycles. The number of halogens is 1. The Morgan fingerprint density at radius 2 is 2.40 bits per heavy atom. The second-order valence-corrected chi connectivity index (χ2v) is 8.63. The van der Waals surface area contributed by atoms with E-state index in [-0.39, 0.29) is 5.91 Å². The number of alkyl halides is 1. The summed E-state index contributed by atoms with van der Waals surface area (Å²) >= 11 is 7.24. The van der Waals surface area contributed by atoms with Crippen molar-refractivity contribution in [3.63, 3.8) is 0 Å². The van der Waals surface area contributed by atoms with Gasteiger partial charge in [0.05, 0.1) is 4.88 Å². The topological polar surface area (TPSA) is 20.3 Å². The Morgan fingerprint density at radius 3 is 3.20 bits per heavy atom. The molecule has 1 amide bonds. The van der Waals surface area contributed by atoms with E-state index in [0.717, 1.165) is 41.9 Å². The van der Waals surface area contributed by atoms with E-state index in [2.05, 4.69) is 26.9 Å². The molecule has 1 unspecified atom stereocenters. The zero-order chi connectivity index (χ0) is 13.9. The Kier molecular flexibility index (Phi) is 5.10. The summed E-state index contributed by atoms with van der Waals surface area (Å²) in [5.41, 5.74) is 1.41. The van der Waals surface area contributed by atoms with Crippen molar-refractivity contribution in [2.24, 2.45) is 5.92 Å². The molecule has 0 aliphatic carbocycles. The minimum atomic E-state index is 0.272. The predicted molar refractivity (Wildman–Crippen MR) is 91.2 cm³/mol. The summed E-state index contributed by atoms with van der Waals surface area (Å²) in [7, 11) is 0. The second-order valence-electron chi connectivity index (χ2n) is 5.60. The third-order valence-corrected chi connectivity index (χ3v) is 6.85. The number of thioether (sulfide) groups is 1. The molecule has 2 aliphatic rings. The third-order valence-electron chi connectivity index (χ3n) is 4.16. The highest BCUT2D eigenvalue weighted by Crippen LogP contribution is 2.33. The highest BCUT2D eigenvalue weighted by atomic mass is 79.9. The molecule has 3 rings (SSSR count). The lowest BCUT2D eigenvalue weighted by Crippen LogP contribution is -2.39. The molecule has 1 atom stereocenters. The largest absolute Gasteiger partial charge is 0.338 e. The Labute approximate surface area is 137 Å². The van der Waals surface area contributed by atoms with E-state index in [1.54, 1.807) is 11.3 Å². The van der Waals surface area contributed by atoms with Crippen LogP contribution in [0.5, 0.6) is 0 Å². The molecule has 2 nitrogen and oxygen atoms in total. The average molecular weight is 374 g/mol. The van der Waals surface area contributed by atoms with Gasteiger partial charge in [-0.25, -0.2) is 0 Å². The molecule has 5 heteroatoms. The number of likely N-dealkylation sites (tertiary alicyclic amines) is 1. The quantitative estimate of drug-likeness (QED) is 0.740. The maximum Gasteiger partial charge on any atom is 0.263 e. The minimum Gasteiger partial charge on any atom is -0.338 e. The molecule has 1 saturated heterocycles. The monoisotopic (exact) mass is 373 g/mol. The molecule has 0 spiro atoms. The van der Waals surface area contributed by atoms with Crippen LogP contribution in [0.15, 0.2) is 6.07 Å². The molecule has 0 bridgehead atoms. The third kappa shape index (κ3) is 3.25. The zero-order valence-electron chi connectivity index (χ0n) is 11.6. The lowest BCUT2D eigenvalue weighted by Gasteiger charge is -2.32. The highest BCUT2D eigenvalue weighted by molar-refractivity contribution is 9.09. The van der Waals surface area contributed by atoms with Crippen LogP contribution >= 0.6 is 39.0 Å². The van der Waals surface area contributed by atoms with Crippen molar-refractivity contribution in [1.82, 2.24) is 4.90 Å². The van der Waals surface area contributed by atoms with Gasteiger partial charge in [-0.3, -0.25) is 4.79 Å². The van der Waals surface area contributed by atoms with E-state index in [4.69, 9.17) is 0 Å². The summed E-state index contributed by atoms with van der Waals surface area (Å²) in [6.07, 6.45) is 4.75. The summed E-state index contributed by atoms with van der Waals surface area (Å²) in [5, 5.41) is 1.05. The van der Waals surface area contributed by atoms with Gasteiger partial charge in [-0.15, -0.1) is 11.3 Å². The van der Waals surface area contributed by atoms with Gasteiger partial charge in [0.15, 0.2) is 0 Å². The van der Waals surface area contributed by atoms with Crippen LogP contribution in [0.25, 0.3) is 0 Å². The van der Waals surface area contributed by atoms with E-state index >= 15 is 0 Å². The van der Waals surface area contributed by atoms with Crippen LogP contribution in [0.2, 0.25) is 0 Å². The van der Waals surface area contributed by atoms with Gasteiger partial charge in [0.2, 0.25) is 0 Å². The van der Waals surface area contributed by atoms with E-state index in [1.165, 1.54) is 29.0 Å². The summed E-state index contributed by atoms with van der Waals surface area (Å²) < 4.78 is 0. The lowest BCUT2D eigenvalue weighted by atomic mass is 9.95. The van der Waals surface area contributed by atoms with Crippen molar-refractivity contribution in [2.45, 2.75) is 31.4 Å². The molecule has 110 valence electrons. The summed E-state index contributed by atoms with van der Waals surface area (Å²) in [6.45, 7) is 1.89. The minimum absolute atomic E-state index is 0.272. The molecule has 1 fully saturated rings. The second kappa shape index (κ2) is 6.84. The van der Waals surface area contributed by atoms with Crippen molar-refractivity contribution in [3.05, 3.63) is 21.4 Å². The number of rotatable bonds is 3. The molecule has 20 heavy (non-hydrogen) atoms. The van der Waals surface area contributed by atoms with Crippen LogP contribution in [-0.2, 0) is 12.2 Å². The molecule has 0 N–H and O–H groups in total. The first kappa shape index (κ1) is 14.9. The first-order chi connectivity index (χ1) is 9.78. The van der Waals surface area contributed by atoms with Gasteiger partial charge in [0, 0.05) is 29.0 Å². The fourth-order valence-corrected chi connectivity index (χ4v) is 6.04. The van der Waals surface area contributed by atoms with Gasteiger partial charge in [-0.1, -0.05) is 15.9 Å². The summed E-state index contributed by atoms with van der Waals surface area (Å²) in [5.74, 6) is 3.25. The number of fused-ring (bicyclic) bond motifs is 1. The van der Waals surface area contributed by atoms with Crippen molar-refractivity contribution < 1.29 is 4.79 Å². The van der Waals surface area contributed by atoms with Crippen LogP contribution in [0.4, 0.5) is 0 Å². The van der Waals surface area contributed by atoms with E-state index in [0.29, 0.717) is 5.92 Å². The number of piperidine rings is 1. The van der Waals surface area contributed by atoms with E-state index in [9.17, 15) is 4.79 Å². The number of aryl methyl sites for hydroxylation is 1. The highest BCUT2D eigenvalue weighted by Gasteiger charge is 2.26. The molecule has 0 radical (unpaired) electrons. The Balaban J connectivity index is 1.70. The van der Waals surface area contributed by atoms with Crippen LogP contribution in [0, 0.1) is 5.92 Å². The summed E-state index contributed by atoms with van der Waals surface area (Å²) in [6, 6.07) is 2.16. The van der Waals surface area contributed by atoms with Crippen LogP contribution < -0.4 is 0 Å². The summed E-state index contributed by atoms with van der Waals surface area (Å²) in [4.78, 5) is 17.2. The molecule has 0 aromatic carbocycles. The SMILES string of the molecule is O=C(c1cc2c(s1)CCSC2)N1CCCC(CCBr)C1. The molecular weight excluding hydrogens is 354 g/mol. The number of nitrogens with zero attached hydrogens (tertiary/aromatic N) is 1. The van der Waals surface area contributed by atoms with E-state index in [1.807, 2.05) is 11.8 Å². The molecular formula is C15H20BrNOS2.